The van der Waals surface area contributed by atoms with Gasteiger partial charge in [0.25, 0.3) is 0 Å². The summed E-state index contributed by atoms with van der Waals surface area (Å²) < 4.78 is 5.88. The Morgan fingerprint density at radius 3 is 2.68 bits per heavy atom. The van der Waals surface area contributed by atoms with Crippen molar-refractivity contribution in [2.45, 2.75) is 52.4 Å². The lowest BCUT2D eigenvalue weighted by Gasteiger charge is -2.13. The summed E-state index contributed by atoms with van der Waals surface area (Å²) >= 11 is 0. The van der Waals surface area contributed by atoms with E-state index in [-0.39, 0.29) is 0 Å². The predicted molar refractivity (Wildman–Crippen MR) is 91.1 cm³/mol. The molecule has 0 amide bonds. The van der Waals surface area contributed by atoms with Crippen LogP contribution in [0.1, 0.15) is 51.5 Å². The number of ether oxygens (including phenoxy) is 1. The molecular formula is C19H26N2O. The molecule has 1 aromatic heterocycles. The molecule has 3 heteroatoms. The molecule has 118 valence electrons. The molecule has 1 aromatic carbocycles. The number of unbranched alkanes of at least 4 members (excludes halogenated alkanes) is 3. The number of para-hydroxylation sites is 1. The van der Waals surface area contributed by atoms with Crippen molar-refractivity contribution in [2.24, 2.45) is 0 Å². The molecule has 3 nitrogen and oxygen atoms in total. The van der Waals surface area contributed by atoms with E-state index >= 15 is 0 Å². The van der Waals surface area contributed by atoms with Gasteiger partial charge in [-0.2, -0.15) is 0 Å². The fourth-order valence-corrected chi connectivity index (χ4v) is 2.53. The van der Waals surface area contributed by atoms with Gasteiger partial charge in [0.2, 0.25) is 0 Å². The average molecular weight is 298 g/mol. The molecular weight excluding hydrogens is 272 g/mol. The summed E-state index contributed by atoms with van der Waals surface area (Å²) in [6.07, 6.45) is 10.6. The molecule has 1 heterocycles. The molecule has 0 radical (unpaired) electrons. The zero-order chi connectivity index (χ0) is 15.6. The molecule has 0 aliphatic rings. The molecule has 0 unspecified atom stereocenters. The number of rotatable bonds is 9. The fraction of sp³-hybridized carbons (Fsp3) is 0.474. The van der Waals surface area contributed by atoms with Crippen LogP contribution in [-0.2, 0) is 6.42 Å². The maximum absolute atomic E-state index is 5.88. The van der Waals surface area contributed by atoms with E-state index in [0.29, 0.717) is 0 Å². The fourth-order valence-electron chi connectivity index (χ4n) is 2.53. The lowest BCUT2D eigenvalue weighted by atomic mass is 10.0. The quantitative estimate of drug-likeness (QED) is 0.607. The standard InChI is InChI=1S/C19H26N2O/c1-3-5-6-7-10-16-14-20-15-21-19(16)17-11-8-9-12-18(17)22-13-4-2/h8-9,11-12,14-15H,3-7,10,13H2,1-2H3. The Bertz CT molecular complexity index is 569. The summed E-state index contributed by atoms with van der Waals surface area (Å²) in [6.45, 7) is 5.08. The van der Waals surface area contributed by atoms with Crippen LogP contribution in [0.3, 0.4) is 0 Å². The summed E-state index contributed by atoms with van der Waals surface area (Å²) in [4.78, 5) is 8.74. The van der Waals surface area contributed by atoms with E-state index in [1.807, 2.05) is 24.4 Å². The highest BCUT2D eigenvalue weighted by molar-refractivity contribution is 5.69. The Labute approximate surface area is 133 Å². The Hall–Kier alpha value is -1.90. The third-order valence-corrected chi connectivity index (χ3v) is 3.69. The Morgan fingerprint density at radius 1 is 1.00 bits per heavy atom. The second kappa shape index (κ2) is 9.19. The van der Waals surface area contributed by atoms with Crippen LogP contribution in [0.2, 0.25) is 0 Å². The molecule has 0 fully saturated rings. The van der Waals surface area contributed by atoms with Crippen LogP contribution >= 0.6 is 0 Å². The first kappa shape index (κ1) is 16.5. The van der Waals surface area contributed by atoms with E-state index < -0.39 is 0 Å². The first-order valence-corrected chi connectivity index (χ1v) is 8.37. The number of hydrogen-bond acceptors (Lipinski definition) is 3. The van der Waals surface area contributed by atoms with Crippen molar-refractivity contribution in [3.63, 3.8) is 0 Å². The molecule has 0 bridgehead atoms. The molecule has 0 saturated heterocycles. The summed E-state index contributed by atoms with van der Waals surface area (Å²) in [5, 5.41) is 0. The zero-order valence-electron chi connectivity index (χ0n) is 13.7. The normalized spacial score (nSPS) is 10.6. The molecule has 0 saturated carbocycles. The van der Waals surface area contributed by atoms with Crippen molar-refractivity contribution >= 4 is 0 Å². The highest BCUT2D eigenvalue weighted by Gasteiger charge is 2.11. The molecule has 0 aliphatic carbocycles. The van der Waals surface area contributed by atoms with E-state index in [1.165, 1.54) is 31.2 Å². The highest BCUT2D eigenvalue weighted by atomic mass is 16.5. The van der Waals surface area contributed by atoms with Crippen molar-refractivity contribution in [3.8, 4) is 17.0 Å². The van der Waals surface area contributed by atoms with Gasteiger partial charge in [-0.05, 0) is 37.0 Å². The van der Waals surface area contributed by atoms with Crippen LogP contribution < -0.4 is 4.74 Å². The van der Waals surface area contributed by atoms with Gasteiger partial charge < -0.3 is 4.74 Å². The van der Waals surface area contributed by atoms with Gasteiger partial charge in [0.15, 0.2) is 0 Å². The third kappa shape index (κ3) is 4.55. The van der Waals surface area contributed by atoms with Crippen molar-refractivity contribution in [3.05, 3.63) is 42.4 Å². The van der Waals surface area contributed by atoms with Gasteiger partial charge in [0, 0.05) is 11.8 Å². The Balaban J connectivity index is 2.21. The SMILES string of the molecule is CCCCCCc1cncnc1-c1ccccc1OCCC. The molecule has 0 aliphatic heterocycles. The van der Waals surface area contributed by atoms with Gasteiger partial charge in [-0.15, -0.1) is 0 Å². The first-order valence-electron chi connectivity index (χ1n) is 8.37. The minimum Gasteiger partial charge on any atom is -0.493 e. The average Bonchev–Trinajstić information content (AvgIpc) is 2.57. The van der Waals surface area contributed by atoms with Gasteiger partial charge in [0.1, 0.15) is 12.1 Å². The van der Waals surface area contributed by atoms with E-state index in [1.54, 1.807) is 6.33 Å². The number of benzene rings is 1. The minimum atomic E-state index is 0.730. The maximum Gasteiger partial charge on any atom is 0.128 e. The first-order chi connectivity index (χ1) is 10.9. The van der Waals surface area contributed by atoms with Crippen LogP contribution in [0.25, 0.3) is 11.3 Å². The highest BCUT2D eigenvalue weighted by Crippen LogP contribution is 2.31. The van der Waals surface area contributed by atoms with E-state index in [0.717, 1.165) is 36.5 Å². The molecule has 22 heavy (non-hydrogen) atoms. The van der Waals surface area contributed by atoms with Gasteiger partial charge in [0.05, 0.1) is 12.3 Å². The largest absolute Gasteiger partial charge is 0.493 e. The third-order valence-electron chi connectivity index (χ3n) is 3.69. The van der Waals surface area contributed by atoms with Gasteiger partial charge >= 0.3 is 0 Å². The number of nitrogens with zero attached hydrogens (tertiary/aromatic N) is 2. The smallest absolute Gasteiger partial charge is 0.128 e. The van der Waals surface area contributed by atoms with Gasteiger partial charge in [-0.1, -0.05) is 45.2 Å². The number of hydrogen-bond donors (Lipinski definition) is 0. The van der Waals surface area contributed by atoms with Crippen LogP contribution in [0.4, 0.5) is 0 Å². The van der Waals surface area contributed by atoms with Crippen LogP contribution in [0.15, 0.2) is 36.8 Å². The Kier molecular flexibility index (Phi) is 6.88. The second-order valence-electron chi connectivity index (χ2n) is 5.55. The zero-order valence-corrected chi connectivity index (χ0v) is 13.7. The van der Waals surface area contributed by atoms with Crippen molar-refractivity contribution < 1.29 is 4.74 Å². The molecule has 2 rings (SSSR count). The van der Waals surface area contributed by atoms with Crippen molar-refractivity contribution in [1.29, 1.82) is 0 Å². The molecule has 0 atom stereocenters. The van der Waals surface area contributed by atoms with Gasteiger partial charge in [-0.3, -0.25) is 0 Å². The second-order valence-corrected chi connectivity index (χ2v) is 5.55. The summed E-state index contributed by atoms with van der Waals surface area (Å²) in [5.74, 6) is 0.915. The van der Waals surface area contributed by atoms with Crippen LogP contribution in [-0.4, -0.2) is 16.6 Å². The van der Waals surface area contributed by atoms with Crippen molar-refractivity contribution in [2.75, 3.05) is 6.61 Å². The maximum atomic E-state index is 5.88. The lowest BCUT2D eigenvalue weighted by Crippen LogP contribution is -2.00. The van der Waals surface area contributed by atoms with Crippen molar-refractivity contribution in [1.82, 2.24) is 9.97 Å². The van der Waals surface area contributed by atoms with E-state index in [9.17, 15) is 0 Å². The number of aromatic nitrogens is 2. The molecule has 0 N–H and O–H groups in total. The molecule has 0 spiro atoms. The lowest BCUT2D eigenvalue weighted by molar-refractivity contribution is 0.318. The summed E-state index contributed by atoms with van der Waals surface area (Å²) in [5.41, 5.74) is 3.30. The van der Waals surface area contributed by atoms with Gasteiger partial charge in [-0.25, -0.2) is 9.97 Å². The topological polar surface area (TPSA) is 35.0 Å². The summed E-state index contributed by atoms with van der Waals surface area (Å²) in [6, 6.07) is 8.16. The predicted octanol–water partition coefficient (Wildman–Crippen LogP) is 5.06. The minimum absolute atomic E-state index is 0.730. The summed E-state index contributed by atoms with van der Waals surface area (Å²) in [7, 11) is 0. The van der Waals surface area contributed by atoms with E-state index in [4.69, 9.17) is 4.74 Å². The molecule has 2 aromatic rings. The van der Waals surface area contributed by atoms with E-state index in [2.05, 4.69) is 29.9 Å². The van der Waals surface area contributed by atoms with Crippen LogP contribution in [0.5, 0.6) is 5.75 Å². The number of aryl methyl sites for hydroxylation is 1. The monoisotopic (exact) mass is 298 g/mol. The Morgan fingerprint density at radius 2 is 1.86 bits per heavy atom. The van der Waals surface area contributed by atoms with Crippen LogP contribution in [0, 0.1) is 0 Å².